The Hall–Kier alpha value is -0.460. The van der Waals surface area contributed by atoms with E-state index in [4.69, 9.17) is 0 Å². The molecule has 1 fully saturated rings. The molecule has 0 saturated heterocycles. The smallest absolute Gasteiger partial charge is 0.357 e. The van der Waals surface area contributed by atoms with Crippen LogP contribution in [0.1, 0.15) is 33.6 Å². The normalized spacial score (nSPS) is 19.2. The fourth-order valence-corrected chi connectivity index (χ4v) is 1.92. The molecule has 0 aromatic carbocycles. The molecule has 0 heterocycles. The highest BCUT2D eigenvalue weighted by atomic mass is 19.4. The van der Waals surface area contributed by atoms with Gasteiger partial charge in [-0.15, -0.1) is 0 Å². The fraction of sp³-hybridized carbons (Fsp3) is 1.00. The van der Waals surface area contributed by atoms with Gasteiger partial charge in [-0.2, -0.15) is 26.3 Å². The van der Waals surface area contributed by atoms with Gasteiger partial charge >= 0.3 is 12.4 Å². The van der Waals surface area contributed by atoms with Crippen molar-refractivity contribution in [3.8, 4) is 0 Å². The Labute approximate surface area is 101 Å². The van der Waals surface area contributed by atoms with Gasteiger partial charge in [0.1, 0.15) is 0 Å². The van der Waals surface area contributed by atoms with Crippen molar-refractivity contribution in [2.75, 3.05) is 6.61 Å². The maximum Gasteiger partial charge on any atom is 0.427 e. The zero-order chi connectivity index (χ0) is 14.4. The van der Waals surface area contributed by atoms with Gasteiger partial charge in [-0.1, -0.05) is 20.8 Å². The molecule has 0 aliphatic heterocycles. The molecule has 0 radical (unpaired) electrons. The SMILES string of the molecule is CC(C)(C)C(OCC1CC1)(C(F)(F)F)C(F)(F)F. The van der Waals surface area contributed by atoms with Crippen LogP contribution in [0.3, 0.4) is 0 Å². The summed E-state index contributed by atoms with van der Waals surface area (Å²) in [5.74, 6) is -0.184. The van der Waals surface area contributed by atoms with Crippen molar-refractivity contribution < 1.29 is 31.1 Å². The lowest BCUT2D eigenvalue weighted by Crippen LogP contribution is -2.66. The molecule has 1 rings (SSSR count). The number of hydrogen-bond acceptors (Lipinski definition) is 1. The maximum absolute atomic E-state index is 13.0. The van der Waals surface area contributed by atoms with Crippen molar-refractivity contribution in [1.29, 1.82) is 0 Å². The van der Waals surface area contributed by atoms with Gasteiger partial charge in [0, 0.05) is 5.41 Å². The molecule has 0 amide bonds. The van der Waals surface area contributed by atoms with Crippen molar-refractivity contribution in [3.05, 3.63) is 0 Å². The minimum Gasteiger partial charge on any atom is -0.357 e. The summed E-state index contributed by atoms with van der Waals surface area (Å²) >= 11 is 0. The van der Waals surface area contributed by atoms with Gasteiger partial charge in [0.25, 0.3) is 5.60 Å². The molecule has 0 spiro atoms. The van der Waals surface area contributed by atoms with Crippen LogP contribution in [0.15, 0.2) is 0 Å². The van der Waals surface area contributed by atoms with E-state index < -0.39 is 30.0 Å². The minimum atomic E-state index is -5.50. The van der Waals surface area contributed by atoms with Crippen molar-refractivity contribution in [2.24, 2.45) is 11.3 Å². The summed E-state index contributed by atoms with van der Waals surface area (Å²) < 4.78 is 82.4. The monoisotopic (exact) mass is 278 g/mol. The molecule has 0 atom stereocenters. The van der Waals surface area contributed by atoms with E-state index in [9.17, 15) is 26.3 Å². The average Bonchev–Trinajstić information content (AvgIpc) is 2.79. The van der Waals surface area contributed by atoms with Crippen LogP contribution in [0.25, 0.3) is 0 Å². The molecular weight excluding hydrogens is 262 g/mol. The van der Waals surface area contributed by atoms with Crippen molar-refractivity contribution in [2.45, 2.75) is 51.6 Å². The van der Waals surface area contributed by atoms with Gasteiger partial charge in [-0.05, 0) is 18.8 Å². The van der Waals surface area contributed by atoms with Gasteiger partial charge in [0.2, 0.25) is 0 Å². The third-order valence-corrected chi connectivity index (χ3v) is 3.09. The molecule has 7 heteroatoms. The predicted octanol–water partition coefficient (Wildman–Crippen LogP) is 4.32. The van der Waals surface area contributed by atoms with Crippen LogP contribution in [0, 0.1) is 11.3 Å². The van der Waals surface area contributed by atoms with Crippen LogP contribution in [0.4, 0.5) is 26.3 Å². The Kier molecular flexibility index (Phi) is 3.71. The van der Waals surface area contributed by atoms with Crippen molar-refractivity contribution in [3.63, 3.8) is 0 Å². The van der Waals surface area contributed by atoms with Crippen LogP contribution < -0.4 is 0 Å². The Bertz CT molecular complexity index is 258. The lowest BCUT2D eigenvalue weighted by atomic mass is 9.75. The summed E-state index contributed by atoms with van der Waals surface area (Å²) in [4.78, 5) is 0. The second kappa shape index (κ2) is 4.28. The van der Waals surface area contributed by atoms with E-state index in [1.54, 1.807) is 0 Å². The molecule has 0 N–H and O–H groups in total. The Morgan fingerprint density at radius 3 is 1.50 bits per heavy atom. The zero-order valence-electron chi connectivity index (χ0n) is 10.4. The first-order chi connectivity index (χ1) is 7.83. The number of alkyl halides is 6. The van der Waals surface area contributed by atoms with E-state index in [0.29, 0.717) is 12.8 Å². The second-order valence-electron chi connectivity index (χ2n) is 5.68. The maximum atomic E-state index is 13.0. The van der Waals surface area contributed by atoms with E-state index in [1.165, 1.54) is 0 Å². The lowest BCUT2D eigenvalue weighted by molar-refractivity contribution is -0.410. The predicted molar refractivity (Wildman–Crippen MR) is 53.0 cm³/mol. The first-order valence-electron chi connectivity index (χ1n) is 5.60. The molecule has 0 aromatic heterocycles. The van der Waals surface area contributed by atoms with Gasteiger partial charge in [-0.25, -0.2) is 0 Å². The molecule has 1 nitrogen and oxygen atoms in total. The zero-order valence-corrected chi connectivity index (χ0v) is 10.4. The molecule has 1 aliphatic carbocycles. The van der Waals surface area contributed by atoms with E-state index in [1.807, 2.05) is 0 Å². The number of rotatable bonds is 3. The number of ether oxygens (including phenoxy) is 1. The Morgan fingerprint density at radius 2 is 1.28 bits per heavy atom. The van der Waals surface area contributed by atoms with Crippen LogP contribution in [0.2, 0.25) is 0 Å². The molecule has 0 bridgehead atoms. The van der Waals surface area contributed by atoms with Crippen molar-refractivity contribution in [1.82, 2.24) is 0 Å². The highest BCUT2D eigenvalue weighted by Crippen LogP contribution is 2.56. The molecule has 1 saturated carbocycles. The summed E-state index contributed by atoms with van der Waals surface area (Å²) in [7, 11) is 0. The standard InChI is InChI=1S/C11H16F6O/c1-8(2,3)9(10(12,13)14,11(15,16)17)18-6-7-4-5-7/h7H,4-6H2,1-3H3. The highest BCUT2D eigenvalue weighted by molar-refractivity contribution is 5.04. The molecule has 1 aliphatic rings. The Balaban J connectivity index is 3.16. The first kappa shape index (κ1) is 15.6. The van der Waals surface area contributed by atoms with E-state index in [0.717, 1.165) is 20.8 Å². The summed E-state index contributed by atoms with van der Waals surface area (Å²) in [5.41, 5.74) is -6.24. The van der Waals surface area contributed by atoms with Crippen LogP contribution in [0.5, 0.6) is 0 Å². The molecule has 108 valence electrons. The average molecular weight is 278 g/mol. The summed E-state index contributed by atoms with van der Waals surface area (Å²) in [6.45, 7) is 2.17. The number of halogens is 6. The third kappa shape index (κ3) is 2.60. The van der Waals surface area contributed by atoms with E-state index in [2.05, 4.69) is 4.74 Å². The van der Waals surface area contributed by atoms with Gasteiger partial charge < -0.3 is 4.74 Å². The Morgan fingerprint density at radius 1 is 0.889 bits per heavy atom. The topological polar surface area (TPSA) is 9.23 Å². The fourth-order valence-electron chi connectivity index (χ4n) is 1.92. The molecule has 18 heavy (non-hydrogen) atoms. The summed E-state index contributed by atoms with van der Waals surface area (Å²) in [6, 6.07) is 0. The van der Waals surface area contributed by atoms with E-state index in [-0.39, 0.29) is 5.92 Å². The van der Waals surface area contributed by atoms with Crippen LogP contribution >= 0.6 is 0 Å². The molecule has 0 unspecified atom stereocenters. The van der Waals surface area contributed by atoms with Crippen LogP contribution in [-0.4, -0.2) is 24.6 Å². The number of hydrogen-bond donors (Lipinski definition) is 0. The highest BCUT2D eigenvalue weighted by Gasteiger charge is 2.77. The van der Waals surface area contributed by atoms with Crippen molar-refractivity contribution >= 4 is 0 Å². The molecule has 0 aromatic rings. The first-order valence-corrected chi connectivity index (χ1v) is 5.60. The van der Waals surface area contributed by atoms with Crippen LogP contribution in [-0.2, 0) is 4.74 Å². The van der Waals surface area contributed by atoms with Gasteiger partial charge in [-0.3, -0.25) is 0 Å². The minimum absolute atomic E-state index is 0.184. The summed E-state index contributed by atoms with van der Waals surface area (Å²) in [5, 5.41) is 0. The quantitative estimate of drug-likeness (QED) is 0.698. The lowest BCUT2D eigenvalue weighted by Gasteiger charge is -2.46. The summed E-state index contributed by atoms with van der Waals surface area (Å²) in [6.07, 6.45) is -9.76. The third-order valence-electron chi connectivity index (χ3n) is 3.09. The largest absolute Gasteiger partial charge is 0.427 e. The second-order valence-corrected chi connectivity index (χ2v) is 5.68. The van der Waals surface area contributed by atoms with E-state index >= 15 is 0 Å². The molecular formula is C11H16F6O. The van der Waals surface area contributed by atoms with Gasteiger partial charge in [0.15, 0.2) is 0 Å². The van der Waals surface area contributed by atoms with Gasteiger partial charge in [0.05, 0.1) is 6.61 Å².